The third-order valence-electron chi connectivity index (χ3n) is 6.84. The summed E-state index contributed by atoms with van der Waals surface area (Å²) < 4.78 is 66.1. The van der Waals surface area contributed by atoms with Gasteiger partial charge in [-0.3, -0.25) is 4.79 Å². The molecule has 0 spiro atoms. The number of halogens is 3. The first-order valence-corrected chi connectivity index (χ1v) is 15.5. The molecule has 2 aliphatic heterocycles. The summed E-state index contributed by atoms with van der Waals surface area (Å²) in [6.45, 7) is 4.65. The topological polar surface area (TPSA) is 144 Å². The highest BCUT2D eigenvalue weighted by Gasteiger charge is 2.41. The van der Waals surface area contributed by atoms with Gasteiger partial charge < -0.3 is 24.7 Å². The number of rotatable bonds is 5. The van der Waals surface area contributed by atoms with Gasteiger partial charge in [-0.15, -0.1) is 10.2 Å². The first kappa shape index (κ1) is 30.8. The molecule has 2 amide bonds. The van der Waals surface area contributed by atoms with Crippen molar-refractivity contribution < 1.29 is 35.9 Å². The molecule has 0 saturated carbocycles. The minimum Gasteiger partial charge on any atom is -0.444 e. The van der Waals surface area contributed by atoms with Crippen molar-refractivity contribution in [3.63, 3.8) is 0 Å². The van der Waals surface area contributed by atoms with E-state index in [0.29, 0.717) is 10.6 Å². The molecule has 1 fully saturated rings. The molecule has 0 radical (unpaired) electrons. The van der Waals surface area contributed by atoms with E-state index in [0.717, 1.165) is 0 Å². The van der Waals surface area contributed by atoms with Crippen LogP contribution in [-0.2, 0) is 25.9 Å². The fourth-order valence-corrected chi connectivity index (χ4v) is 6.66. The molecule has 5 rings (SSSR count). The van der Waals surface area contributed by atoms with Crippen LogP contribution >= 0.6 is 11.6 Å². The maximum atomic E-state index is 14.0. The van der Waals surface area contributed by atoms with Gasteiger partial charge in [0.15, 0.2) is 9.84 Å². The summed E-state index contributed by atoms with van der Waals surface area (Å²) in [5.41, 5.74) is 0.0480. The molecule has 1 aromatic heterocycles. The largest absolute Gasteiger partial charge is 0.444 e. The molecular weight excluding hydrogens is 608 g/mol. The SMILES string of the molecule is CC(C)(C)OC(=O)N[C@H]1CS(=O)(=O)c2ccc(-c3nnc(C4CNCC(F)(F)C4)o3)cc2N(Cc2ccc(Cl)cc2)C1=O. The lowest BCUT2D eigenvalue weighted by Gasteiger charge is -2.27. The highest BCUT2D eigenvalue weighted by molar-refractivity contribution is 7.91. The Bertz CT molecular complexity index is 1640. The van der Waals surface area contributed by atoms with Crippen LogP contribution in [0.3, 0.4) is 0 Å². The summed E-state index contributed by atoms with van der Waals surface area (Å²) in [7, 11) is -4.12. The molecule has 2 atom stereocenters. The number of piperidine rings is 1. The highest BCUT2D eigenvalue weighted by atomic mass is 35.5. The van der Waals surface area contributed by atoms with Gasteiger partial charge in [0, 0.05) is 23.6 Å². The monoisotopic (exact) mass is 637 g/mol. The fourth-order valence-electron chi connectivity index (χ4n) is 4.93. The van der Waals surface area contributed by atoms with Crippen LogP contribution < -0.4 is 15.5 Å². The van der Waals surface area contributed by atoms with E-state index in [4.69, 9.17) is 20.8 Å². The zero-order valence-electron chi connectivity index (χ0n) is 23.6. The van der Waals surface area contributed by atoms with Crippen LogP contribution in [0.2, 0.25) is 5.02 Å². The maximum absolute atomic E-state index is 14.0. The Balaban J connectivity index is 1.53. The molecule has 1 unspecified atom stereocenters. The zero-order chi connectivity index (χ0) is 31.2. The van der Waals surface area contributed by atoms with Crippen molar-refractivity contribution in [3.05, 3.63) is 58.9 Å². The lowest BCUT2D eigenvalue weighted by molar-refractivity contribution is -0.120. The molecule has 15 heteroatoms. The number of sulfone groups is 1. The summed E-state index contributed by atoms with van der Waals surface area (Å²) >= 11 is 6.03. The summed E-state index contributed by atoms with van der Waals surface area (Å²) in [6.07, 6.45) is -1.40. The summed E-state index contributed by atoms with van der Waals surface area (Å²) in [6, 6.07) is 9.35. The van der Waals surface area contributed by atoms with E-state index in [1.54, 1.807) is 45.0 Å². The second kappa shape index (κ2) is 11.5. The van der Waals surface area contributed by atoms with Crippen molar-refractivity contribution >= 4 is 39.1 Å². The number of nitrogens with zero attached hydrogens (tertiary/aromatic N) is 3. The molecule has 2 N–H and O–H groups in total. The van der Waals surface area contributed by atoms with Crippen molar-refractivity contribution in [2.45, 2.75) is 62.1 Å². The molecule has 0 bridgehead atoms. The number of alkyl halides is 2. The van der Waals surface area contributed by atoms with Gasteiger partial charge in [-0.25, -0.2) is 22.0 Å². The number of carbonyl (C=O) groups excluding carboxylic acids is 2. The Morgan fingerprint density at radius 1 is 1.21 bits per heavy atom. The number of carbonyl (C=O) groups is 2. The molecule has 3 aromatic rings. The Morgan fingerprint density at radius 2 is 1.93 bits per heavy atom. The van der Waals surface area contributed by atoms with Crippen LogP contribution in [0.25, 0.3) is 11.5 Å². The van der Waals surface area contributed by atoms with E-state index in [9.17, 15) is 26.8 Å². The number of fused-ring (bicyclic) bond motifs is 1. The van der Waals surface area contributed by atoms with Gasteiger partial charge >= 0.3 is 6.09 Å². The van der Waals surface area contributed by atoms with Gasteiger partial charge in [-0.05, 0) is 56.7 Å². The van der Waals surface area contributed by atoms with E-state index in [2.05, 4.69) is 20.8 Å². The quantitative estimate of drug-likeness (QED) is 0.418. The van der Waals surface area contributed by atoms with Crippen molar-refractivity contribution in [3.8, 4) is 11.5 Å². The number of benzene rings is 2. The fraction of sp³-hybridized carbons (Fsp3) is 0.429. The van der Waals surface area contributed by atoms with Crippen LogP contribution in [0.1, 0.15) is 44.6 Å². The molecule has 230 valence electrons. The number of alkyl carbamates (subject to hydrolysis) is 1. The average Bonchev–Trinajstić information content (AvgIpc) is 3.38. The standard InChI is InChI=1S/C28H30ClF2N5O6S/c1-27(2,3)42-26(38)33-20-14-43(39,40)22-9-6-17(23-34-35-24(41-23)18-11-28(30,31)15-32-12-18)10-21(22)36(25(20)37)13-16-4-7-19(29)8-5-16/h4-10,18,20,32H,11-15H2,1-3H3,(H,33,38)/t18?,20-/m0/s1. The Hall–Kier alpha value is -3.62. The predicted molar refractivity (Wildman–Crippen MR) is 153 cm³/mol. The molecule has 0 aliphatic carbocycles. The number of ether oxygens (including phenoxy) is 1. The van der Waals surface area contributed by atoms with Gasteiger partial charge in [0.05, 0.1) is 35.3 Å². The molecular formula is C28H30ClF2N5O6S. The van der Waals surface area contributed by atoms with E-state index in [1.165, 1.54) is 23.1 Å². The molecule has 3 heterocycles. The second-order valence-corrected chi connectivity index (χ2v) is 14.0. The molecule has 2 aliphatic rings. The van der Waals surface area contributed by atoms with Crippen LogP contribution in [0, 0.1) is 0 Å². The Labute approximate surface area is 251 Å². The van der Waals surface area contributed by atoms with Crippen molar-refractivity contribution in [1.29, 1.82) is 0 Å². The molecule has 2 aromatic carbocycles. The van der Waals surface area contributed by atoms with Crippen molar-refractivity contribution in [2.24, 2.45) is 0 Å². The van der Waals surface area contributed by atoms with E-state index >= 15 is 0 Å². The summed E-state index contributed by atoms with van der Waals surface area (Å²) in [5.74, 6) is -5.06. The van der Waals surface area contributed by atoms with Gasteiger partial charge in [-0.1, -0.05) is 23.7 Å². The number of hydrogen-bond donors (Lipinski definition) is 2. The van der Waals surface area contributed by atoms with Crippen LogP contribution in [0.5, 0.6) is 0 Å². The highest BCUT2D eigenvalue weighted by Crippen LogP contribution is 2.37. The van der Waals surface area contributed by atoms with Gasteiger partial charge in [0.2, 0.25) is 11.8 Å². The first-order valence-electron chi connectivity index (χ1n) is 13.4. The van der Waals surface area contributed by atoms with Crippen molar-refractivity contribution in [1.82, 2.24) is 20.8 Å². The lowest BCUT2D eigenvalue weighted by Crippen LogP contribution is -2.51. The average molecular weight is 638 g/mol. The maximum Gasteiger partial charge on any atom is 0.408 e. The number of amides is 2. The van der Waals surface area contributed by atoms with Crippen LogP contribution in [0.4, 0.5) is 19.3 Å². The van der Waals surface area contributed by atoms with Crippen LogP contribution in [-0.4, -0.2) is 67.0 Å². The number of nitrogens with one attached hydrogen (secondary N) is 2. The molecule has 11 nitrogen and oxygen atoms in total. The Morgan fingerprint density at radius 3 is 2.60 bits per heavy atom. The lowest BCUT2D eigenvalue weighted by atomic mass is 9.97. The number of anilines is 1. The first-order chi connectivity index (χ1) is 20.1. The smallest absolute Gasteiger partial charge is 0.408 e. The van der Waals surface area contributed by atoms with Gasteiger partial charge in [-0.2, -0.15) is 0 Å². The van der Waals surface area contributed by atoms with E-state index in [1.807, 2.05) is 0 Å². The van der Waals surface area contributed by atoms with E-state index < -0.39 is 64.0 Å². The van der Waals surface area contributed by atoms with Gasteiger partial charge in [0.1, 0.15) is 11.6 Å². The number of hydrogen-bond acceptors (Lipinski definition) is 9. The summed E-state index contributed by atoms with van der Waals surface area (Å²) in [4.78, 5) is 27.6. The third-order valence-corrected chi connectivity index (χ3v) is 8.88. The minimum absolute atomic E-state index is 0.0140. The number of aromatic nitrogens is 2. The van der Waals surface area contributed by atoms with Crippen LogP contribution in [0.15, 0.2) is 51.8 Å². The van der Waals surface area contributed by atoms with Gasteiger partial charge in [0.25, 0.3) is 11.8 Å². The second-order valence-electron chi connectivity index (χ2n) is 11.5. The van der Waals surface area contributed by atoms with E-state index in [-0.39, 0.29) is 41.0 Å². The minimum atomic E-state index is -4.12. The van der Waals surface area contributed by atoms with Crippen molar-refractivity contribution in [2.75, 3.05) is 23.7 Å². The Kier molecular flexibility index (Phi) is 8.22. The summed E-state index contributed by atoms with van der Waals surface area (Å²) in [5, 5.41) is 13.5. The molecule has 43 heavy (non-hydrogen) atoms. The third kappa shape index (κ3) is 7.13. The predicted octanol–water partition coefficient (Wildman–Crippen LogP) is 4.32. The normalized spacial score (nSPS) is 21.5. The zero-order valence-corrected chi connectivity index (χ0v) is 25.1. The molecule has 1 saturated heterocycles.